The molecule has 0 amide bonds. The van der Waals surface area contributed by atoms with Crippen molar-refractivity contribution in [3.8, 4) is 5.69 Å². The average molecular weight is 512 g/mol. The molecule has 0 radical (unpaired) electrons. The summed E-state index contributed by atoms with van der Waals surface area (Å²) in [6.07, 6.45) is 0. The lowest BCUT2D eigenvalue weighted by atomic mass is 10.0. The van der Waals surface area contributed by atoms with Crippen LogP contribution >= 0.6 is 15.9 Å². The Labute approximate surface area is 209 Å². The number of benzene rings is 6. The molecule has 0 aliphatic heterocycles. The first kappa shape index (κ1) is 19.2. The molecule has 0 saturated heterocycles. The molecule has 8 aromatic rings. The Bertz CT molecular complexity index is 2130. The molecule has 2 heterocycles. The molecule has 0 fully saturated rings. The Morgan fingerprint density at radius 3 is 2.11 bits per heavy atom. The molecule has 6 aromatic carbocycles. The Kier molecular flexibility index (Phi) is 3.83. The van der Waals surface area contributed by atoms with Gasteiger partial charge in [-0.1, -0.05) is 94.8 Å². The van der Waals surface area contributed by atoms with Gasteiger partial charge in [-0.15, -0.1) is 0 Å². The maximum absolute atomic E-state index is 6.27. The Morgan fingerprint density at radius 2 is 1.23 bits per heavy atom. The van der Waals surface area contributed by atoms with Gasteiger partial charge in [-0.2, -0.15) is 0 Å². The topological polar surface area (TPSA) is 18.1 Å². The fourth-order valence-electron chi connectivity index (χ4n) is 5.72. The minimum Gasteiger partial charge on any atom is -0.456 e. The van der Waals surface area contributed by atoms with Crippen LogP contribution in [0.25, 0.3) is 71.0 Å². The number of fused-ring (bicyclic) bond motifs is 10. The van der Waals surface area contributed by atoms with Gasteiger partial charge in [0, 0.05) is 43.2 Å². The van der Waals surface area contributed by atoms with Crippen molar-refractivity contribution in [2.24, 2.45) is 0 Å². The van der Waals surface area contributed by atoms with Crippen LogP contribution in [0.5, 0.6) is 0 Å². The summed E-state index contributed by atoms with van der Waals surface area (Å²) in [7, 11) is 0. The van der Waals surface area contributed by atoms with Crippen molar-refractivity contribution in [3.05, 3.63) is 114 Å². The number of rotatable bonds is 1. The molecular formula is C32H18BrNO. The number of nitrogens with zero attached hydrogens (tertiary/aromatic N) is 1. The van der Waals surface area contributed by atoms with Gasteiger partial charge in [0.05, 0.1) is 11.0 Å². The second kappa shape index (κ2) is 6.97. The molecule has 0 atom stereocenters. The number of aromatic nitrogens is 1. The summed E-state index contributed by atoms with van der Waals surface area (Å²) in [4.78, 5) is 0. The zero-order valence-electron chi connectivity index (χ0n) is 18.6. The van der Waals surface area contributed by atoms with E-state index in [1.54, 1.807) is 0 Å². The first-order chi connectivity index (χ1) is 17.3. The molecule has 164 valence electrons. The molecule has 0 unspecified atom stereocenters. The lowest BCUT2D eigenvalue weighted by molar-refractivity contribution is 0.668. The van der Waals surface area contributed by atoms with E-state index in [1.165, 1.54) is 43.4 Å². The van der Waals surface area contributed by atoms with Crippen LogP contribution in [0.2, 0.25) is 0 Å². The predicted octanol–water partition coefficient (Wildman–Crippen LogP) is 9.75. The largest absolute Gasteiger partial charge is 0.456 e. The average Bonchev–Trinajstić information content (AvgIpc) is 3.44. The van der Waals surface area contributed by atoms with Crippen molar-refractivity contribution in [1.29, 1.82) is 0 Å². The van der Waals surface area contributed by atoms with E-state index in [0.29, 0.717) is 0 Å². The van der Waals surface area contributed by atoms with Gasteiger partial charge in [0.1, 0.15) is 11.2 Å². The van der Waals surface area contributed by atoms with Crippen LogP contribution in [0.3, 0.4) is 0 Å². The lowest BCUT2D eigenvalue weighted by Gasteiger charge is -2.11. The highest BCUT2D eigenvalue weighted by molar-refractivity contribution is 9.10. The van der Waals surface area contributed by atoms with Crippen LogP contribution < -0.4 is 0 Å². The third kappa shape index (κ3) is 2.59. The molecule has 8 rings (SSSR count). The van der Waals surface area contributed by atoms with E-state index in [4.69, 9.17) is 4.42 Å². The number of furan rings is 1. The zero-order valence-corrected chi connectivity index (χ0v) is 20.2. The summed E-state index contributed by atoms with van der Waals surface area (Å²) < 4.78 is 9.77. The van der Waals surface area contributed by atoms with Gasteiger partial charge in [0.25, 0.3) is 0 Å². The number of halogens is 1. The lowest BCUT2D eigenvalue weighted by Crippen LogP contribution is -1.94. The first-order valence-electron chi connectivity index (χ1n) is 11.7. The van der Waals surface area contributed by atoms with Crippen LogP contribution in [0, 0.1) is 0 Å². The predicted molar refractivity (Wildman–Crippen MR) is 151 cm³/mol. The molecule has 0 saturated carbocycles. The van der Waals surface area contributed by atoms with Gasteiger partial charge in [-0.25, -0.2) is 0 Å². The third-order valence-corrected chi connectivity index (χ3v) is 7.88. The molecular weight excluding hydrogens is 494 g/mol. The molecule has 0 bridgehead atoms. The Hall–Kier alpha value is -4.08. The number of hydrogen-bond donors (Lipinski definition) is 0. The molecule has 2 aromatic heterocycles. The Balaban J connectivity index is 1.60. The molecule has 0 aliphatic rings. The number of para-hydroxylation sites is 1. The van der Waals surface area contributed by atoms with E-state index in [-0.39, 0.29) is 0 Å². The van der Waals surface area contributed by atoms with Crippen LogP contribution in [0.1, 0.15) is 0 Å². The third-order valence-electron chi connectivity index (χ3n) is 7.23. The molecule has 35 heavy (non-hydrogen) atoms. The van der Waals surface area contributed by atoms with Gasteiger partial charge in [-0.05, 0) is 40.4 Å². The van der Waals surface area contributed by atoms with E-state index < -0.39 is 0 Å². The fraction of sp³-hybridized carbons (Fsp3) is 0. The van der Waals surface area contributed by atoms with Crippen molar-refractivity contribution in [3.63, 3.8) is 0 Å². The van der Waals surface area contributed by atoms with E-state index in [2.05, 4.69) is 118 Å². The molecule has 3 heteroatoms. The maximum atomic E-state index is 6.27. The molecule has 0 spiro atoms. The van der Waals surface area contributed by atoms with Gasteiger partial charge in [0.2, 0.25) is 0 Å². The summed E-state index contributed by atoms with van der Waals surface area (Å²) >= 11 is 3.86. The van der Waals surface area contributed by atoms with E-state index in [1.807, 2.05) is 12.1 Å². The van der Waals surface area contributed by atoms with Crippen molar-refractivity contribution in [2.75, 3.05) is 0 Å². The minimum absolute atomic E-state index is 0.902. The summed E-state index contributed by atoms with van der Waals surface area (Å²) in [6.45, 7) is 0. The van der Waals surface area contributed by atoms with E-state index in [0.717, 1.165) is 32.1 Å². The van der Waals surface area contributed by atoms with Crippen molar-refractivity contribution in [1.82, 2.24) is 4.57 Å². The number of hydrogen-bond acceptors (Lipinski definition) is 1. The van der Waals surface area contributed by atoms with Crippen LogP contribution in [-0.2, 0) is 0 Å². The van der Waals surface area contributed by atoms with Crippen molar-refractivity contribution in [2.45, 2.75) is 0 Å². The van der Waals surface area contributed by atoms with Crippen LogP contribution in [0.4, 0.5) is 0 Å². The van der Waals surface area contributed by atoms with E-state index in [9.17, 15) is 0 Å². The standard InChI is InChI=1S/C32H18BrNO/c33-27-18-28-31(25-11-4-3-9-22(25)27)26-15-13-19-7-1-2-8-21(19)32(26)34(28)20-14-16-24-23-10-5-6-12-29(23)35-30(24)17-20/h1-18H. The monoisotopic (exact) mass is 511 g/mol. The summed E-state index contributed by atoms with van der Waals surface area (Å²) in [6, 6.07) is 38.9. The van der Waals surface area contributed by atoms with Gasteiger partial charge >= 0.3 is 0 Å². The summed E-state index contributed by atoms with van der Waals surface area (Å²) in [5, 5.41) is 9.77. The highest BCUT2D eigenvalue weighted by Crippen LogP contribution is 2.42. The Morgan fingerprint density at radius 1 is 0.543 bits per heavy atom. The van der Waals surface area contributed by atoms with Gasteiger partial charge in [-0.3, -0.25) is 0 Å². The molecule has 0 N–H and O–H groups in total. The normalized spacial score (nSPS) is 12.1. The van der Waals surface area contributed by atoms with E-state index >= 15 is 0 Å². The first-order valence-corrected chi connectivity index (χ1v) is 12.5. The maximum Gasteiger partial charge on any atom is 0.137 e. The highest BCUT2D eigenvalue weighted by Gasteiger charge is 2.19. The molecule has 2 nitrogen and oxygen atoms in total. The van der Waals surface area contributed by atoms with Crippen molar-refractivity contribution < 1.29 is 4.42 Å². The summed E-state index contributed by atoms with van der Waals surface area (Å²) in [5.74, 6) is 0. The van der Waals surface area contributed by atoms with Crippen LogP contribution in [0.15, 0.2) is 118 Å². The fourth-order valence-corrected chi connectivity index (χ4v) is 6.28. The quantitative estimate of drug-likeness (QED) is 0.214. The van der Waals surface area contributed by atoms with Crippen LogP contribution in [-0.4, -0.2) is 4.57 Å². The van der Waals surface area contributed by atoms with Gasteiger partial charge in [0.15, 0.2) is 0 Å². The molecule has 0 aliphatic carbocycles. The SMILES string of the molecule is Brc1cc2c(c3ccccc13)c1ccc3ccccc3c1n2-c1ccc2c(c1)oc1ccccc12. The minimum atomic E-state index is 0.902. The smallest absolute Gasteiger partial charge is 0.137 e. The summed E-state index contributed by atoms with van der Waals surface area (Å²) in [5.41, 5.74) is 5.31. The zero-order chi connectivity index (χ0) is 23.1. The second-order valence-electron chi connectivity index (χ2n) is 9.10. The highest BCUT2D eigenvalue weighted by atomic mass is 79.9. The van der Waals surface area contributed by atoms with Gasteiger partial charge < -0.3 is 8.98 Å². The second-order valence-corrected chi connectivity index (χ2v) is 9.95. The van der Waals surface area contributed by atoms with Crippen molar-refractivity contribution >= 4 is 81.2 Å².